The van der Waals surface area contributed by atoms with Gasteiger partial charge in [0.1, 0.15) is 11.8 Å². The van der Waals surface area contributed by atoms with Gasteiger partial charge >= 0.3 is 0 Å². The van der Waals surface area contributed by atoms with Crippen LogP contribution in [0.3, 0.4) is 0 Å². The predicted molar refractivity (Wildman–Crippen MR) is 107 cm³/mol. The molecule has 0 unspecified atom stereocenters. The van der Waals surface area contributed by atoms with Gasteiger partial charge in [0, 0.05) is 18.0 Å². The largest absolute Gasteiger partial charge is 0.505 e. The minimum atomic E-state index is -0.0578. The number of phenolic OH excluding ortho intramolecular Hbond substituents is 1. The van der Waals surface area contributed by atoms with Crippen molar-refractivity contribution in [1.82, 2.24) is 9.88 Å². The van der Waals surface area contributed by atoms with E-state index in [4.69, 9.17) is 16.6 Å². The van der Waals surface area contributed by atoms with Crippen LogP contribution >= 0.6 is 46.0 Å². The average molecular weight is 472 g/mol. The van der Waals surface area contributed by atoms with E-state index in [0.717, 1.165) is 26.5 Å². The molecule has 1 fully saturated rings. The molecule has 0 aliphatic carbocycles. The molecule has 0 saturated carbocycles. The normalized spacial score (nSPS) is 25.7. The Morgan fingerprint density at radius 3 is 2.92 bits per heavy atom. The summed E-state index contributed by atoms with van der Waals surface area (Å²) in [5, 5.41) is 12.0. The zero-order valence-electron chi connectivity index (χ0n) is 12.9. The van der Waals surface area contributed by atoms with Crippen LogP contribution in [0.25, 0.3) is 0 Å². The number of amidine groups is 1. The Hall–Kier alpha value is -0.990. The Labute approximate surface area is 163 Å². The second-order valence-electron chi connectivity index (χ2n) is 5.97. The van der Waals surface area contributed by atoms with Gasteiger partial charge in [-0.05, 0) is 52.4 Å². The molecule has 2 aliphatic heterocycles. The Morgan fingerprint density at radius 2 is 2.21 bits per heavy atom. The van der Waals surface area contributed by atoms with E-state index in [9.17, 15) is 5.11 Å². The van der Waals surface area contributed by atoms with E-state index < -0.39 is 0 Å². The maximum Gasteiger partial charge on any atom is 0.160 e. The fourth-order valence-electron chi connectivity index (χ4n) is 3.23. The van der Waals surface area contributed by atoms with E-state index >= 15 is 0 Å². The number of hydrogen-bond acceptors (Lipinski definition) is 5. The zero-order valence-corrected chi connectivity index (χ0v) is 16.6. The second-order valence-corrected chi connectivity index (χ2v) is 8.94. The summed E-state index contributed by atoms with van der Waals surface area (Å²) < 4.78 is 0.753. The summed E-state index contributed by atoms with van der Waals surface area (Å²) in [4.78, 5) is 11.8. The summed E-state index contributed by atoms with van der Waals surface area (Å²) in [6.07, 6.45) is 1.80. The lowest BCUT2D eigenvalue weighted by Gasteiger charge is -2.27. The van der Waals surface area contributed by atoms with Crippen LogP contribution in [0.2, 0.25) is 5.02 Å². The zero-order chi connectivity index (χ0) is 16.8. The molecule has 3 atom stereocenters. The molecule has 0 bridgehead atoms. The molecule has 0 spiro atoms. The van der Waals surface area contributed by atoms with Crippen LogP contribution in [0.5, 0.6) is 5.75 Å². The van der Waals surface area contributed by atoms with Crippen LogP contribution in [-0.2, 0) is 0 Å². The molecule has 2 aromatic rings. The number of thioether (sulfide) groups is 1. The molecular weight excluding hydrogens is 457 g/mol. The molecule has 2 aliphatic rings. The lowest BCUT2D eigenvalue weighted by atomic mass is 9.96. The first-order valence-corrected chi connectivity index (χ1v) is 9.98. The fourth-order valence-corrected chi connectivity index (χ4v) is 5.36. The summed E-state index contributed by atoms with van der Waals surface area (Å²) in [6.45, 7) is 3.17. The highest BCUT2D eigenvalue weighted by atomic mass is 127. The average Bonchev–Trinajstić information content (AvgIpc) is 3.08. The Balaban J connectivity index is 1.81. The van der Waals surface area contributed by atoms with E-state index in [1.54, 1.807) is 6.20 Å². The van der Waals surface area contributed by atoms with E-state index in [1.807, 2.05) is 42.1 Å². The molecular formula is C17H15ClIN3OS. The summed E-state index contributed by atoms with van der Waals surface area (Å²) in [5.74, 6) is 0.138. The summed E-state index contributed by atoms with van der Waals surface area (Å²) in [7, 11) is 0. The van der Waals surface area contributed by atoms with Gasteiger partial charge in [-0.25, -0.2) is 0 Å². The van der Waals surface area contributed by atoms with Gasteiger partial charge in [-0.1, -0.05) is 36.4 Å². The summed E-state index contributed by atoms with van der Waals surface area (Å²) in [6, 6.07) is 9.77. The smallest absolute Gasteiger partial charge is 0.160 e. The molecule has 3 heterocycles. The summed E-state index contributed by atoms with van der Waals surface area (Å²) in [5.41, 5.74) is 2.02. The SMILES string of the molecule is C[C@H]1CN2C(=N[C@@H](c3ccccn3)[C@@H]2c2cc(Cl)c(O)c(I)c2)S1. The van der Waals surface area contributed by atoms with Crippen molar-refractivity contribution in [2.24, 2.45) is 4.99 Å². The number of aromatic hydroxyl groups is 1. The third-order valence-corrected chi connectivity index (χ3v) is 6.47. The molecule has 124 valence electrons. The molecule has 24 heavy (non-hydrogen) atoms. The standard InChI is InChI=1S/C17H15ClIN3OS/c1-9-8-22-15(10-6-11(18)16(23)12(19)7-10)14(21-17(22)24-9)13-4-2-3-5-20-13/h2-7,9,14-15,23H,8H2,1H3/t9-,14-,15-/m0/s1. The molecule has 0 radical (unpaired) electrons. The first-order chi connectivity index (χ1) is 11.5. The second kappa shape index (κ2) is 6.38. The van der Waals surface area contributed by atoms with Crippen LogP contribution < -0.4 is 0 Å². The number of pyridine rings is 1. The van der Waals surface area contributed by atoms with Crippen LogP contribution in [0.1, 0.15) is 30.3 Å². The maximum atomic E-state index is 9.99. The quantitative estimate of drug-likeness (QED) is 0.649. The number of phenols is 1. The van der Waals surface area contributed by atoms with Crippen LogP contribution in [0.15, 0.2) is 41.5 Å². The Morgan fingerprint density at radius 1 is 1.38 bits per heavy atom. The van der Waals surface area contributed by atoms with Crippen molar-refractivity contribution in [2.75, 3.05) is 6.54 Å². The topological polar surface area (TPSA) is 48.7 Å². The molecule has 4 rings (SSSR count). The highest BCUT2D eigenvalue weighted by molar-refractivity contribution is 14.1. The first kappa shape index (κ1) is 16.5. The monoisotopic (exact) mass is 471 g/mol. The number of benzene rings is 1. The van der Waals surface area contributed by atoms with Gasteiger partial charge in [-0.15, -0.1) is 0 Å². The van der Waals surface area contributed by atoms with Crippen molar-refractivity contribution in [3.05, 3.63) is 56.4 Å². The number of nitrogens with zero attached hydrogens (tertiary/aromatic N) is 3. The van der Waals surface area contributed by atoms with Crippen molar-refractivity contribution in [1.29, 1.82) is 0 Å². The van der Waals surface area contributed by atoms with Crippen LogP contribution in [0, 0.1) is 3.57 Å². The number of hydrogen-bond donors (Lipinski definition) is 1. The number of fused-ring (bicyclic) bond motifs is 1. The van der Waals surface area contributed by atoms with E-state index in [1.165, 1.54) is 0 Å². The van der Waals surface area contributed by atoms with Gasteiger partial charge in [-0.3, -0.25) is 9.98 Å². The third-order valence-electron chi connectivity index (χ3n) is 4.26. The number of aliphatic imine (C=N–C) groups is 1. The number of rotatable bonds is 2. The highest BCUT2D eigenvalue weighted by Gasteiger charge is 2.43. The van der Waals surface area contributed by atoms with E-state index in [0.29, 0.717) is 10.3 Å². The van der Waals surface area contributed by atoms with Crippen molar-refractivity contribution in [2.45, 2.75) is 24.3 Å². The summed E-state index contributed by atoms with van der Waals surface area (Å²) >= 11 is 10.2. The number of aromatic nitrogens is 1. The molecule has 4 nitrogen and oxygen atoms in total. The van der Waals surface area contributed by atoms with E-state index in [2.05, 4.69) is 39.4 Å². The maximum absolute atomic E-state index is 9.99. The lowest BCUT2D eigenvalue weighted by Crippen LogP contribution is -2.28. The van der Waals surface area contributed by atoms with Crippen molar-refractivity contribution in [3.63, 3.8) is 0 Å². The first-order valence-electron chi connectivity index (χ1n) is 7.64. The van der Waals surface area contributed by atoms with Gasteiger partial charge in [0.25, 0.3) is 0 Å². The van der Waals surface area contributed by atoms with E-state index in [-0.39, 0.29) is 17.8 Å². The van der Waals surface area contributed by atoms with Crippen molar-refractivity contribution < 1.29 is 5.11 Å². The minimum absolute atomic E-state index is 0.0546. The van der Waals surface area contributed by atoms with Gasteiger partial charge in [0.05, 0.1) is 20.3 Å². The van der Waals surface area contributed by atoms with Crippen molar-refractivity contribution >= 4 is 51.1 Å². The van der Waals surface area contributed by atoms with Gasteiger partial charge in [0.15, 0.2) is 5.17 Å². The molecule has 0 amide bonds. The Kier molecular flexibility index (Phi) is 4.38. The Bertz CT molecular complexity index is 794. The predicted octanol–water partition coefficient (Wildman–Crippen LogP) is 4.63. The molecule has 1 N–H and O–H groups in total. The van der Waals surface area contributed by atoms with Crippen LogP contribution in [-0.4, -0.2) is 32.0 Å². The highest BCUT2D eigenvalue weighted by Crippen LogP contribution is 2.48. The molecule has 1 aromatic heterocycles. The molecule has 1 aromatic carbocycles. The van der Waals surface area contributed by atoms with Crippen LogP contribution in [0.4, 0.5) is 0 Å². The van der Waals surface area contributed by atoms with Gasteiger partial charge < -0.3 is 10.0 Å². The van der Waals surface area contributed by atoms with Gasteiger partial charge in [0.2, 0.25) is 0 Å². The van der Waals surface area contributed by atoms with Crippen molar-refractivity contribution in [3.8, 4) is 5.75 Å². The lowest BCUT2D eigenvalue weighted by molar-refractivity contribution is 0.321. The minimum Gasteiger partial charge on any atom is -0.505 e. The molecule has 1 saturated heterocycles. The third kappa shape index (κ3) is 2.78. The fraction of sp³-hybridized carbons (Fsp3) is 0.294. The molecule has 7 heteroatoms. The number of halogens is 2. The van der Waals surface area contributed by atoms with Gasteiger partial charge in [-0.2, -0.15) is 0 Å².